The fourth-order valence-corrected chi connectivity index (χ4v) is 3.87. The first-order chi connectivity index (χ1) is 17.6. The van der Waals surface area contributed by atoms with Crippen LogP contribution in [0.1, 0.15) is 63.8 Å². The van der Waals surface area contributed by atoms with Crippen LogP contribution in [-0.4, -0.2) is 16.2 Å². The van der Waals surface area contributed by atoms with Crippen LogP contribution in [0.2, 0.25) is 0 Å². The van der Waals surface area contributed by atoms with E-state index in [1.165, 1.54) is 27.7 Å². The van der Waals surface area contributed by atoms with Gasteiger partial charge in [-0.2, -0.15) is 0 Å². The zero-order valence-electron chi connectivity index (χ0n) is 22.9. The number of methoxy groups -OCH3 is 1. The number of hydrogen-bond donors (Lipinski definition) is 0. The Balaban J connectivity index is 0.00000153. The predicted octanol–water partition coefficient (Wildman–Crippen LogP) is 6.18. The second kappa shape index (κ2) is 13.4. The van der Waals surface area contributed by atoms with Crippen molar-refractivity contribution in [3.05, 3.63) is 117 Å². The number of hydrogen-bond acceptors (Lipinski definition) is 4. The fraction of sp³-hybridized carbons (Fsp3) is 0.333. The number of aromatic nitrogens is 2. The summed E-state index contributed by atoms with van der Waals surface area (Å²) in [6, 6.07) is 11.0. The van der Waals surface area contributed by atoms with Gasteiger partial charge in [-0.1, -0.05) is 50.6 Å². The maximum absolute atomic E-state index is 13.4. The van der Waals surface area contributed by atoms with Gasteiger partial charge in [0.05, 0.1) is 18.8 Å². The lowest BCUT2D eigenvalue weighted by Gasteiger charge is -2.20. The van der Waals surface area contributed by atoms with Crippen LogP contribution in [0.25, 0.3) is 0 Å². The minimum atomic E-state index is -0.547. The molecule has 1 unspecified atom stereocenters. The normalized spacial score (nSPS) is 11.1. The smallest absolute Gasteiger partial charge is 0.331 e. The lowest BCUT2D eigenvalue weighted by Crippen LogP contribution is -2.42. The molecule has 1 aromatic heterocycles. The first kappa shape index (κ1) is 29.4. The number of ether oxygens (including phenoxy) is 1. The average Bonchev–Trinajstić information content (AvgIpc) is 2.86. The van der Waals surface area contributed by atoms with E-state index in [4.69, 9.17) is 4.74 Å². The van der Waals surface area contributed by atoms with E-state index in [1.54, 1.807) is 45.6 Å². The molecule has 0 amide bonds. The molecule has 1 atom stereocenters. The molecule has 198 valence electrons. The molecule has 0 radical (unpaired) electrons. The molecule has 7 heteroatoms. The van der Waals surface area contributed by atoms with Crippen molar-refractivity contribution in [2.24, 2.45) is 7.05 Å². The van der Waals surface area contributed by atoms with Gasteiger partial charge in [-0.15, -0.1) is 0 Å². The van der Waals surface area contributed by atoms with Crippen molar-refractivity contribution in [2.45, 2.75) is 53.5 Å². The molecule has 0 aliphatic rings. The summed E-state index contributed by atoms with van der Waals surface area (Å²) in [7, 11) is 3.21. The van der Waals surface area contributed by atoms with Crippen LogP contribution in [0.4, 0.5) is 10.1 Å². The summed E-state index contributed by atoms with van der Waals surface area (Å²) in [5.74, 6) is 0.265. The van der Waals surface area contributed by atoms with E-state index in [-0.39, 0.29) is 11.4 Å². The monoisotopic (exact) mass is 507 g/mol. The Morgan fingerprint density at radius 2 is 1.76 bits per heavy atom. The molecule has 3 rings (SSSR count). The number of rotatable bonds is 8. The number of anilines is 1. The Morgan fingerprint density at radius 3 is 2.30 bits per heavy atom. The van der Waals surface area contributed by atoms with Gasteiger partial charge in [-0.05, 0) is 56.2 Å². The van der Waals surface area contributed by atoms with E-state index < -0.39 is 11.7 Å². The molecular formula is C30H38FN3O3. The van der Waals surface area contributed by atoms with E-state index in [1.807, 2.05) is 43.1 Å². The molecular weight excluding hydrogens is 469 g/mol. The third-order valence-electron chi connectivity index (χ3n) is 5.60. The molecule has 6 nitrogen and oxygen atoms in total. The highest BCUT2D eigenvalue weighted by atomic mass is 19.1. The van der Waals surface area contributed by atoms with Crippen LogP contribution in [-0.2, 0) is 13.5 Å². The van der Waals surface area contributed by atoms with Gasteiger partial charge in [-0.3, -0.25) is 9.36 Å². The maximum atomic E-state index is 13.4. The summed E-state index contributed by atoms with van der Waals surface area (Å²) < 4.78 is 21.6. The molecule has 0 bridgehead atoms. The first-order valence-corrected chi connectivity index (χ1v) is 12.4. The van der Waals surface area contributed by atoms with Gasteiger partial charge < -0.3 is 14.2 Å². The number of nitrogens with zero attached hydrogens (tertiary/aromatic N) is 3. The Morgan fingerprint density at radius 1 is 1.14 bits per heavy atom. The van der Waals surface area contributed by atoms with E-state index in [0.717, 1.165) is 16.8 Å². The minimum Gasteiger partial charge on any atom is -0.495 e. The topological polar surface area (TPSA) is 56.5 Å². The molecule has 0 aliphatic carbocycles. The summed E-state index contributed by atoms with van der Waals surface area (Å²) in [6.45, 7) is 13.9. The second-order valence-corrected chi connectivity index (χ2v) is 9.14. The molecule has 0 N–H and O–H groups in total. The third-order valence-corrected chi connectivity index (χ3v) is 5.60. The number of allylic oxidation sites excluding steroid dienone is 1. The van der Waals surface area contributed by atoms with E-state index in [0.29, 0.717) is 23.3 Å². The Kier molecular flexibility index (Phi) is 10.7. The van der Waals surface area contributed by atoms with Crippen molar-refractivity contribution in [3.8, 4) is 5.75 Å². The van der Waals surface area contributed by atoms with Gasteiger partial charge in [0.25, 0.3) is 5.56 Å². The average molecular weight is 508 g/mol. The molecule has 37 heavy (non-hydrogen) atoms. The highest BCUT2D eigenvalue weighted by Gasteiger charge is 2.18. The van der Waals surface area contributed by atoms with Crippen molar-refractivity contribution in [1.82, 2.24) is 9.13 Å². The predicted molar refractivity (Wildman–Crippen MR) is 150 cm³/mol. The van der Waals surface area contributed by atoms with Gasteiger partial charge in [0.1, 0.15) is 11.6 Å². The van der Waals surface area contributed by atoms with Gasteiger partial charge >= 0.3 is 5.69 Å². The molecule has 0 aliphatic heterocycles. The largest absolute Gasteiger partial charge is 0.495 e. The fourth-order valence-electron chi connectivity index (χ4n) is 3.87. The van der Waals surface area contributed by atoms with Crippen LogP contribution < -0.4 is 20.9 Å². The number of aryl methyl sites for hydroxylation is 1. The van der Waals surface area contributed by atoms with Gasteiger partial charge in [0.15, 0.2) is 0 Å². The summed E-state index contributed by atoms with van der Waals surface area (Å²) in [4.78, 5) is 28.0. The standard InChI is InChI=1S/C27H30FN3O3.C3H8/c1-7-30(16-18(2)3)24-13-8-20(15-25(24)34-6)14-22-17-29(5)27(33)31(26(22)32)19(4)21-9-11-23(28)12-10-21;1-3-2/h7-13,15-17,19H,1,14H2,2-6H3;3H2,1-2H3. The van der Waals surface area contributed by atoms with Crippen molar-refractivity contribution >= 4 is 5.69 Å². The first-order valence-electron chi connectivity index (χ1n) is 12.4. The van der Waals surface area contributed by atoms with E-state index >= 15 is 0 Å². The molecule has 0 saturated carbocycles. The highest BCUT2D eigenvalue weighted by Crippen LogP contribution is 2.31. The van der Waals surface area contributed by atoms with Gasteiger partial charge in [0.2, 0.25) is 0 Å². The SMILES string of the molecule is C=CN(C=C(C)C)c1ccc(Cc2cn(C)c(=O)n(C(C)c3ccc(F)cc3)c2=O)cc1OC.CCC. The second-order valence-electron chi connectivity index (χ2n) is 9.14. The van der Waals surface area contributed by atoms with E-state index in [9.17, 15) is 14.0 Å². The highest BCUT2D eigenvalue weighted by molar-refractivity contribution is 5.63. The molecule has 0 fully saturated rings. The molecule has 3 aromatic rings. The Bertz CT molecular complexity index is 1350. The van der Waals surface area contributed by atoms with Crippen molar-refractivity contribution in [3.63, 3.8) is 0 Å². The van der Waals surface area contributed by atoms with Crippen LogP contribution in [0.15, 0.2) is 82.8 Å². The van der Waals surface area contributed by atoms with Gasteiger partial charge in [0, 0.05) is 37.6 Å². The summed E-state index contributed by atoms with van der Waals surface area (Å²) in [5.41, 5.74) is 3.13. The molecule has 2 aromatic carbocycles. The third kappa shape index (κ3) is 7.32. The summed E-state index contributed by atoms with van der Waals surface area (Å²) in [5, 5.41) is 0. The molecule has 0 spiro atoms. The summed E-state index contributed by atoms with van der Waals surface area (Å²) >= 11 is 0. The van der Waals surface area contributed by atoms with Crippen LogP contribution in [0, 0.1) is 5.82 Å². The van der Waals surface area contributed by atoms with Crippen molar-refractivity contribution < 1.29 is 9.13 Å². The number of benzene rings is 2. The zero-order chi connectivity index (χ0) is 27.7. The molecule has 0 saturated heterocycles. The maximum Gasteiger partial charge on any atom is 0.331 e. The lowest BCUT2D eigenvalue weighted by atomic mass is 10.0. The quantitative estimate of drug-likeness (QED) is 0.365. The lowest BCUT2D eigenvalue weighted by molar-refractivity contribution is 0.415. The molecule has 1 heterocycles. The van der Waals surface area contributed by atoms with Crippen LogP contribution in [0.3, 0.4) is 0 Å². The number of halogens is 1. The van der Waals surface area contributed by atoms with Crippen LogP contribution >= 0.6 is 0 Å². The van der Waals surface area contributed by atoms with E-state index in [2.05, 4.69) is 20.4 Å². The zero-order valence-corrected chi connectivity index (χ0v) is 22.9. The van der Waals surface area contributed by atoms with Crippen molar-refractivity contribution in [2.75, 3.05) is 12.0 Å². The van der Waals surface area contributed by atoms with Crippen LogP contribution in [0.5, 0.6) is 5.75 Å². The van der Waals surface area contributed by atoms with Crippen molar-refractivity contribution in [1.29, 1.82) is 0 Å². The Labute approximate surface area is 219 Å². The summed E-state index contributed by atoms with van der Waals surface area (Å²) in [6.07, 6.45) is 6.79. The minimum absolute atomic E-state index is 0.316. The Hall–Kier alpha value is -3.87. The van der Waals surface area contributed by atoms with Gasteiger partial charge in [-0.25, -0.2) is 9.18 Å².